The van der Waals surface area contributed by atoms with Crippen LogP contribution in [0, 0.1) is 0 Å². The first-order valence-corrected chi connectivity index (χ1v) is 11.0. The van der Waals surface area contributed by atoms with Gasteiger partial charge >= 0.3 is 5.97 Å². The molecule has 1 aliphatic heterocycles. The SMILES string of the molecule is NC(N)=NCCCC(N)C(=O)NC(Cc1c[nH]c2ccccc12)C(=O)N1CCCC1C(=O)O. The topological polar surface area (TPSA) is 193 Å². The molecule has 0 aliphatic carbocycles. The zero-order chi connectivity index (χ0) is 24.0. The van der Waals surface area contributed by atoms with E-state index in [-0.39, 0.29) is 12.4 Å². The van der Waals surface area contributed by atoms with E-state index < -0.39 is 35.9 Å². The quantitative estimate of drug-likeness (QED) is 0.159. The average molecular weight is 458 g/mol. The Morgan fingerprint density at radius 2 is 2.03 bits per heavy atom. The molecule has 0 spiro atoms. The summed E-state index contributed by atoms with van der Waals surface area (Å²) < 4.78 is 0. The zero-order valence-corrected chi connectivity index (χ0v) is 18.4. The molecular weight excluding hydrogens is 426 g/mol. The Hall–Kier alpha value is -3.60. The largest absolute Gasteiger partial charge is 0.480 e. The van der Waals surface area contributed by atoms with Gasteiger partial charge in [0.15, 0.2) is 5.96 Å². The summed E-state index contributed by atoms with van der Waals surface area (Å²) in [6, 6.07) is 4.94. The lowest BCUT2D eigenvalue weighted by atomic mass is 10.0. The van der Waals surface area contributed by atoms with Crippen molar-refractivity contribution in [2.24, 2.45) is 22.2 Å². The number of para-hydroxylation sites is 1. The van der Waals surface area contributed by atoms with E-state index in [1.165, 1.54) is 4.90 Å². The van der Waals surface area contributed by atoms with Crippen molar-refractivity contribution in [2.75, 3.05) is 13.1 Å². The summed E-state index contributed by atoms with van der Waals surface area (Å²) in [7, 11) is 0. The highest BCUT2D eigenvalue weighted by Crippen LogP contribution is 2.23. The van der Waals surface area contributed by atoms with Crippen molar-refractivity contribution in [3.05, 3.63) is 36.0 Å². The second-order valence-corrected chi connectivity index (χ2v) is 8.21. The number of guanidine groups is 1. The number of aromatic amines is 1. The molecule has 2 heterocycles. The normalized spacial score (nSPS) is 17.5. The second-order valence-electron chi connectivity index (χ2n) is 8.21. The Morgan fingerprint density at radius 3 is 2.76 bits per heavy atom. The summed E-state index contributed by atoms with van der Waals surface area (Å²) in [5.41, 5.74) is 18.4. The number of hydrogen-bond acceptors (Lipinski definition) is 5. The number of fused-ring (bicyclic) bond motifs is 1. The highest BCUT2D eigenvalue weighted by atomic mass is 16.4. The van der Waals surface area contributed by atoms with Gasteiger partial charge in [0.05, 0.1) is 6.04 Å². The fraction of sp³-hybridized carbons (Fsp3) is 0.455. The number of benzene rings is 1. The van der Waals surface area contributed by atoms with Crippen molar-refractivity contribution < 1.29 is 19.5 Å². The van der Waals surface area contributed by atoms with Crippen LogP contribution in [0.3, 0.4) is 0 Å². The minimum absolute atomic E-state index is 0.0315. The molecule has 33 heavy (non-hydrogen) atoms. The fourth-order valence-electron chi connectivity index (χ4n) is 4.14. The van der Waals surface area contributed by atoms with Gasteiger partial charge in [-0.15, -0.1) is 0 Å². The lowest BCUT2D eigenvalue weighted by molar-refractivity contribution is -0.149. The number of H-pyrrole nitrogens is 1. The predicted octanol–water partition coefficient (Wildman–Crippen LogP) is -0.348. The van der Waals surface area contributed by atoms with Gasteiger partial charge in [-0.1, -0.05) is 18.2 Å². The van der Waals surface area contributed by atoms with Crippen LogP contribution in [0.25, 0.3) is 10.9 Å². The summed E-state index contributed by atoms with van der Waals surface area (Å²) in [6.45, 7) is 0.676. The van der Waals surface area contributed by atoms with Crippen molar-refractivity contribution >= 4 is 34.6 Å². The highest BCUT2D eigenvalue weighted by Gasteiger charge is 2.38. The molecule has 1 aromatic carbocycles. The first kappa shape index (κ1) is 24.1. The van der Waals surface area contributed by atoms with Crippen LogP contribution in [0.1, 0.15) is 31.2 Å². The number of carboxylic acid groups (broad SMARTS) is 1. The van der Waals surface area contributed by atoms with E-state index in [0.29, 0.717) is 38.8 Å². The van der Waals surface area contributed by atoms with Crippen LogP contribution in [0.2, 0.25) is 0 Å². The van der Waals surface area contributed by atoms with Crippen molar-refractivity contribution in [3.8, 4) is 0 Å². The van der Waals surface area contributed by atoms with E-state index in [0.717, 1.165) is 16.5 Å². The molecule has 0 radical (unpaired) electrons. The molecule has 3 rings (SSSR count). The molecule has 11 heteroatoms. The van der Waals surface area contributed by atoms with Gasteiger partial charge in [-0.2, -0.15) is 0 Å². The molecule has 1 aliphatic rings. The molecule has 0 bridgehead atoms. The van der Waals surface area contributed by atoms with E-state index in [2.05, 4.69) is 15.3 Å². The number of carbonyl (C=O) groups excluding carboxylic acids is 2. The Kier molecular flexibility index (Phi) is 7.88. The number of carboxylic acids is 1. The van der Waals surface area contributed by atoms with Gasteiger partial charge in [0.25, 0.3) is 0 Å². The van der Waals surface area contributed by atoms with E-state index in [1.807, 2.05) is 24.3 Å². The van der Waals surface area contributed by atoms with Crippen LogP contribution in [0.15, 0.2) is 35.5 Å². The molecule has 1 saturated heterocycles. The summed E-state index contributed by atoms with van der Waals surface area (Å²) in [4.78, 5) is 46.1. The lowest BCUT2D eigenvalue weighted by Gasteiger charge is -2.28. The summed E-state index contributed by atoms with van der Waals surface area (Å²) in [5, 5.41) is 13.2. The predicted molar refractivity (Wildman–Crippen MR) is 124 cm³/mol. The van der Waals surface area contributed by atoms with Crippen LogP contribution in [0.5, 0.6) is 0 Å². The van der Waals surface area contributed by atoms with Gasteiger partial charge in [-0.25, -0.2) is 4.79 Å². The third-order valence-corrected chi connectivity index (χ3v) is 5.84. The molecule has 0 saturated carbocycles. The van der Waals surface area contributed by atoms with Crippen LogP contribution < -0.4 is 22.5 Å². The Labute approximate surface area is 191 Å². The minimum atomic E-state index is -1.05. The summed E-state index contributed by atoms with van der Waals surface area (Å²) in [6.07, 6.45) is 3.82. The number of aliphatic imine (C=N–C) groups is 1. The standard InChI is InChI=1S/C22H31N7O4/c23-15(6-3-9-26-22(24)25)19(30)28-17(20(31)29-10-4-8-18(29)21(32)33)11-13-12-27-16-7-2-1-5-14(13)16/h1-2,5,7,12,15,17-18,27H,3-4,6,8-11,23H2,(H,28,30)(H,32,33)(H4,24,25,26). The van der Waals surface area contributed by atoms with Gasteiger partial charge in [0.2, 0.25) is 11.8 Å². The zero-order valence-electron chi connectivity index (χ0n) is 18.4. The number of amides is 2. The molecule has 9 N–H and O–H groups in total. The first-order valence-electron chi connectivity index (χ1n) is 11.0. The maximum atomic E-state index is 13.4. The second kappa shape index (κ2) is 10.8. The van der Waals surface area contributed by atoms with Crippen LogP contribution >= 0.6 is 0 Å². The maximum Gasteiger partial charge on any atom is 0.326 e. The van der Waals surface area contributed by atoms with E-state index in [1.54, 1.807) is 6.20 Å². The summed E-state index contributed by atoms with van der Waals surface area (Å²) >= 11 is 0. The number of nitrogens with one attached hydrogen (secondary N) is 2. The molecular formula is C22H31N7O4. The minimum Gasteiger partial charge on any atom is -0.480 e. The van der Waals surface area contributed by atoms with Gasteiger partial charge in [-0.05, 0) is 37.3 Å². The average Bonchev–Trinajstić information content (AvgIpc) is 3.43. The molecule has 2 amide bonds. The van der Waals surface area contributed by atoms with Gasteiger partial charge < -0.3 is 37.5 Å². The number of hydrogen-bond donors (Lipinski definition) is 6. The number of nitrogens with two attached hydrogens (primary N) is 3. The number of nitrogens with zero attached hydrogens (tertiary/aromatic N) is 2. The van der Waals surface area contributed by atoms with Crippen LogP contribution in [-0.4, -0.2) is 69.9 Å². The number of rotatable bonds is 10. The monoisotopic (exact) mass is 457 g/mol. The third-order valence-electron chi connectivity index (χ3n) is 5.84. The maximum absolute atomic E-state index is 13.4. The molecule has 2 aromatic rings. The smallest absolute Gasteiger partial charge is 0.326 e. The van der Waals surface area contributed by atoms with Crippen molar-refractivity contribution in [2.45, 2.75) is 50.2 Å². The Bertz CT molecular complexity index is 1030. The Balaban J connectivity index is 1.76. The van der Waals surface area contributed by atoms with Gasteiger partial charge in [0, 0.05) is 36.6 Å². The first-order chi connectivity index (χ1) is 15.8. The van der Waals surface area contributed by atoms with Crippen molar-refractivity contribution in [1.82, 2.24) is 15.2 Å². The molecule has 3 unspecified atom stereocenters. The number of likely N-dealkylation sites (tertiary alicyclic amines) is 1. The van der Waals surface area contributed by atoms with Crippen LogP contribution in [-0.2, 0) is 20.8 Å². The van der Waals surface area contributed by atoms with E-state index in [9.17, 15) is 19.5 Å². The summed E-state index contributed by atoms with van der Waals surface area (Å²) in [5.74, 6) is -1.99. The van der Waals surface area contributed by atoms with Gasteiger partial charge in [-0.3, -0.25) is 14.6 Å². The number of carbonyl (C=O) groups is 3. The fourth-order valence-corrected chi connectivity index (χ4v) is 4.14. The number of aliphatic carboxylic acids is 1. The third kappa shape index (κ3) is 6.01. The molecule has 11 nitrogen and oxygen atoms in total. The Morgan fingerprint density at radius 1 is 1.27 bits per heavy atom. The highest BCUT2D eigenvalue weighted by molar-refractivity contribution is 5.93. The number of aromatic nitrogens is 1. The lowest BCUT2D eigenvalue weighted by Crippen LogP contribution is -2.55. The van der Waals surface area contributed by atoms with Crippen molar-refractivity contribution in [3.63, 3.8) is 0 Å². The van der Waals surface area contributed by atoms with E-state index in [4.69, 9.17) is 17.2 Å². The van der Waals surface area contributed by atoms with Crippen molar-refractivity contribution in [1.29, 1.82) is 0 Å². The molecule has 3 atom stereocenters. The molecule has 1 fully saturated rings. The molecule has 1 aromatic heterocycles. The van der Waals surface area contributed by atoms with Gasteiger partial charge in [0.1, 0.15) is 12.1 Å². The van der Waals surface area contributed by atoms with E-state index >= 15 is 0 Å². The molecule has 178 valence electrons. The van der Waals surface area contributed by atoms with Crippen LogP contribution in [0.4, 0.5) is 0 Å².